The first-order valence-electron chi connectivity index (χ1n) is 9.79. The zero-order chi connectivity index (χ0) is 20.6. The van der Waals surface area contributed by atoms with Crippen molar-refractivity contribution in [2.45, 2.75) is 25.6 Å². The maximum absolute atomic E-state index is 13.6. The van der Waals surface area contributed by atoms with Crippen LogP contribution in [-0.2, 0) is 13.1 Å². The molecule has 1 fully saturated rings. The van der Waals surface area contributed by atoms with E-state index in [1.165, 1.54) is 12.1 Å². The molecule has 5 nitrogen and oxygen atoms in total. The highest BCUT2D eigenvalue weighted by atomic mass is 19.1. The molecule has 0 spiro atoms. The molecule has 0 bridgehead atoms. The Kier molecular flexibility index (Phi) is 7.41. The number of halogens is 2. The van der Waals surface area contributed by atoms with Crippen molar-refractivity contribution in [3.05, 3.63) is 65.5 Å². The normalized spacial score (nSPS) is 18.9. The number of carbonyl (C=O) groups is 1. The fraction of sp³-hybridized carbons (Fsp3) is 0.409. The summed E-state index contributed by atoms with van der Waals surface area (Å²) in [5.74, 6) is 0.119. The van der Waals surface area contributed by atoms with Gasteiger partial charge in [-0.05, 0) is 48.4 Å². The van der Waals surface area contributed by atoms with Crippen LogP contribution in [0.4, 0.5) is 13.6 Å². The van der Waals surface area contributed by atoms with Crippen molar-refractivity contribution in [3.63, 3.8) is 0 Å². The number of piperidine rings is 1. The Bertz CT molecular complexity index is 801. The highest BCUT2D eigenvalue weighted by Crippen LogP contribution is 2.22. The second-order valence-electron chi connectivity index (χ2n) is 7.24. The third kappa shape index (κ3) is 5.67. The molecule has 7 heteroatoms. The molecule has 2 amide bonds. The number of nitrogens with zero attached hydrogens (tertiary/aromatic N) is 1. The Labute approximate surface area is 170 Å². The molecule has 1 aliphatic heterocycles. The van der Waals surface area contributed by atoms with E-state index in [0.717, 1.165) is 23.4 Å². The quantitative estimate of drug-likeness (QED) is 0.744. The monoisotopic (exact) mass is 403 g/mol. The Morgan fingerprint density at radius 3 is 2.76 bits per heavy atom. The van der Waals surface area contributed by atoms with Crippen LogP contribution in [0.3, 0.4) is 0 Å². The van der Waals surface area contributed by atoms with Crippen LogP contribution in [0.15, 0.2) is 48.5 Å². The Morgan fingerprint density at radius 2 is 2.03 bits per heavy atom. The fourth-order valence-electron chi connectivity index (χ4n) is 3.66. The summed E-state index contributed by atoms with van der Waals surface area (Å²) < 4.78 is 32.1. The van der Waals surface area contributed by atoms with Crippen molar-refractivity contribution < 1.29 is 18.3 Å². The van der Waals surface area contributed by atoms with Gasteiger partial charge in [0.2, 0.25) is 0 Å². The van der Waals surface area contributed by atoms with Gasteiger partial charge >= 0.3 is 6.03 Å². The summed E-state index contributed by atoms with van der Waals surface area (Å²) in [6.07, 6.45) is 0.669. The predicted molar refractivity (Wildman–Crippen MR) is 108 cm³/mol. The number of urea groups is 1. The van der Waals surface area contributed by atoms with E-state index < -0.39 is 6.67 Å². The maximum atomic E-state index is 13.6. The lowest BCUT2D eigenvalue weighted by Gasteiger charge is -2.39. The summed E-state index contributed by atoms with van der Waals surface area (Å²) >= 11 is 0. The first-order valence-corrected chi connectivity index (χ1v) is 9.79. The highest BCUT2D eigenvalue weighted by Gasteiger charge is 2.33. The standard InChI is InChI=1S/C22H27F2N3O2/c1-29-20-4-2-3-17(11-20)13-26-22(28)27(15-16-5-7-19(24)8-6-16)21-9-10-25-14-18(21)12-23/h2-8,11,18,21,25H,9-10,12-15H2,1H3,(H,26,28)/t18-,21+/m0/s1. The molecule has 2 aromatic rings. The van der Waals surface area contributed by atoms with Crippen molar-refractivity contribution in [1.82, 2.24) is 15.5 Å². The molecule has 0 radical (unpaired) electrons. The van der Waals surface area contributed by atoms with Gasteiger partial charge in [0, 0.05) is 31.6 Å². The average molecular weight is 403 g/mol. The van der Waals surface area contributed by atoms with E-state index in [0.29, 0.717) is 26.1 Å². The predicted octanol–water partition coefficient (Wildman–Crippen LogP) is 3.49. The van der Waals surface area contributed by atoms with Crippen LogP contribution >= 0.6 is 0 Å². The zero-order valence-corrected chi connectivity index (χ0v) is 16.5. The van der Waals surface area contributed by atoms with Gasteiger partial charge in [-0.2, -0.15) is 0 Å². The van der Waals surface area contributed by atoms with E-state index in [2.05, 4.69) is 10.6 Å². The van der Waals surface area contributed by atoms with Gasteiger partial charge in [0.05, 0.1) is 13.8 Å². The number of hydrogen-bond acceptors (Lipinski definition) is 3. The third-order valence-electron chi connectivity index (χ3n) is 5.27. The van der Waals surface area contributed by atoms with Crippen molar-refractivity contribution in [2.75, 3.05) is 26.9 Å². The number of ether oxygens (including phenoxy) is 1. The maximum Gasteiger partial charge on any atom is 0.318 e. The summed E-state index contributed by atoms with van der Waals surface area (Å²) in [5, 5.41) is 6.13. The van der Waals surface area contributed by atoms with Gasteiger partial charge in [-0.25, -0.2) is 9.18 Å². The van der Waals surface area contributed by atoms with Gasteiger partial charge in [-0.15, -0.1) is 0 Å². The van der Waals surface area contributed by atoms with Crippen molar-refractivity contribution in [2.24, 2.45) is 5.92 Å². The Hall–Kier alpha value is -2.67. The van der Waals surface area contributed by atoms with Gasteiger partial charge in [0.15, 0.2) is 0 Å². The van der Waals surface area contributed by atoms with Crippen LogP contribution in [0, 0.1) is 11.7 Å². The van der Waals surface area contributed by atoms with E-state index in [1.54, 1.807) is 24.1 Å². The summed E-state index contributed by atoms with van der Waals surface area (Å²) in [6.45, 7) is 1.39. The topological polar surface area (TPSA) is 53.6 Å². The molecule has 2 N–H and O–H groups in total. The number of methoxy groups -OCH3 is 1. The summed E-state index contributed by atoms with van der Waals surface area (Å²) in [7, 11) is 1.59. The summed E-state index contributed by atoms with van der Waals surface area (Å²) in [4.78, 5) is 14.7. The molecule has 1 heterocycles. The molecule has 3 rings (SSSR count). The van der Waals surface area contributed by atoms with E-state index in [-0.39, 0.29) is 23.8 Å². The van der Waals surface area contributed by atoms with E-state index in [1.807, 2.05) is 24.3 Å². The van der Waals surface area contributed by atoms with Crippen LogP contribution in [-0.4, -0.2) is 43.8 Å². The van der Waals surface area contributed by atoms with E-state index in [4.69, 9.17) is 4.74 Å². The summed E-state index contributed by atoms with van der Waals surface area (Å²) in [5.41, 5.74) is 1.71. The largest absolute Gasteiger partial charge is 0.497 e. The number of hydrogen-bond donors (Lipinski definition) is 2. The van der Waals surface area contributed by atoms with Gasteiger partial charge < -0.3 is 20.3 Å². The highest BCUT2D eigenvalue weighted by molar-refractivity contribution is 5.74. The Morgan fingerprint density at radius 1 is 1.24 bits per heavy atom. The molecule has 2 atom stereocenters. The second kappa shape index (κ2) is 10.2. The summed E-state index contributed by atoms with van der Waals surface area (Å²) in [6, 6.07) is 13.0. The van der Waals surface area contributed by atoms with Gasteiger partial charge in [0.25, 0.3) is 0 Å². The lowest BCUT2D eigenvalue weighted by Crippen LogP contribution is -2.54. The van der Waals surface area contributed by atoms with Crippen LogP contribution in [0.25, 0.3) is 0 Å². The van der Waals surface area contributed by atoms with Gasteiger partial charge in [0.1, 0.15) is 11.6 Å². The number of carbonyl (C=O) groups excluding carboxylic acids is 1. The van der Waals surface area contributed by atoms with Crippen LogP contribution in [0.2, 0.25) is 0 Å². The number of benzene rings is 2. The molecular formula is C22H27F2N3O2. The van der Waals surface area contributed by atoms with Gasteiger partial charge in [-0.3, -0.25) is 4.39 Å². The molecule has 29 heavy (non-hydrogen) atoms. The van der Waals surface area contributed by atoms with Crippen LogP contribution < -0.4 is 15.4 Å². The molecule has 1 saturated heterocycles. The zero-order valence-electron chi connectivity index (χ0n) is 16.5. The average Bonchev–Trinajstić information content (AvgIpc) is 2.77. The van der Waals surface area contributed by atoms with Crippen molar-refractivity contribution in [1.29, 1.82) is 0 Å². The smallest absolute Gasteiger partial charge is 0.318 e. The molecule has 2 aromatic carbocycles. The minimum Gasteiger partial charge on any atom is -0.497 e. The molecule has 0 aromatic heterocycles. The molecular weight excluding hydrogens is 376 g/mol. The molecule has 0 unspecified atom stereocenters. The number of rotatable bonds is 7. The number of alkyl halides is 1. The minimum atomic E-state index is -0.499. The van der Waals surface area contributed by atoms with E-state index in [9.17, 15) is 13.6 Å². The molecule has 0 aliphatic carbocycles. The lowest BCUT2D eigenvalue weighted by atomic mass is 9.92. The van der Waals surface area contributed by atoms with Crippen molar-refractivity contribution >= 4 is 6.03 Å². The first-order chi connectivity index (χ1) is 14.1. The van der Waals surface area contributed by atoms with Crippen LogP contribution in [0.5, 0.6) is 5.75 Å². The third-order valence-corrected chi connectivity index (χ3v) is 5.27. The molecule has 156 valence electrons. The Balaban J connectivity index is 1.75. The molecule has 0 saturated carbocycles. The molecule has 1 aliphatic rings. The number of amides is 2. The first kappa shape index (κ1) is 21.0. The lowest BCUT2D eigenvalue weighted by molar-refractivity contribution is 0.108. The SMILES string of the molecule is COc1cccc(CNC(=O)N(Cc2ccc(F)cc2)[C@@H]2CCNC[C@@H]2CF)c1. The second-order valence-corrected chi connectivity index (χ2v) is 7.24. The van der Waals surface area contributed by atoms with Crippen LogP contribution in [0.1, 0.15) is 17.5 Å². The number of nitrogens with one attached hydrogen (secondary N) is 2. The van der Waals surface area contributed by atoms with Crippen molar-refractivity contribution in [3.8, 4) is 5.75 Å². The van der Waals surface area contributed by atoms with Gasteiger partial charge in [-0.1, -0.05) is 24.3 Å². The minimum absolute atomic E-state index is 0.225. The van der Waals surface area contributed by atoms with E-state index >= 15 is 0 Å². The fourth-order valence-corrected chi connectivity index (χ4v) is 3.66.